The average Bonchev–Trinajstić information content (AvgIpc) is 2.44. The van der Waals surface area contributed by atoms with Gasteiger partial charge in [0.25, 0.3) is 0 Å². The van der Waals surface area contributed by atoms with Crippen LogP contribution >= 0.6 is 0 Å². The molecule has 19 heavy (non-hydrogen) atoms. The first-order chi connectivity index (χ1) is 9.29. The lowest BCUT2D eigenvalue weighted by Crippen LogP contribution is -3.13. The largest absolute Gasteiger partial charge is 0.493 e. The second-order valence-electron chi connectivity index (χ2n) is 5.56. The molecule has 3 nitrogen and oxygen atoms in total. The van der Waals surface area contributed by atoms with Gasteiger partial charge in [-0.05, 0) is 25.0 Å². The minimum Gasteiger partial charge on any atom is -0.493 e. The van der Waals surface area contributed by atoms with Crippen molar-refractivity contribution in [3.8, 4) is 5.75 Å². The summed E-state index contributed by atoms with van der Waals surface area (Å²) in [4.78, 5) is 12.6. The Hall–Kier alpha value is -1.35. The van der Waals surface area contributed by atoms with Crippen LogP contribution in [0.25, 0.3) is 0 Å². The fourth-order valence-electron chi connectivity index (χ4n) is 2.84. The van der Waals surface area contributed by atoms with Gasteiger partial charge in [-0.2, -0.15) is 0 Å². The SMILES string of the molecule is C[C@@H]1CCC[NH+](CCCOc2ccccc2C=O)C1. The van der Waals surface area contributed by atoms with Crippen LogP contribution < -0.4 is 9.64 Å². The van der Waals surface area contributed by atoms with Crippen molar-refractivity contribution in [1.82, 2.24) is 0 Å². The van der Waals surface area contributed by atoms with Gasteiger partial charge in [0.1, 0.15) is 5.75 Å². The maximum atomic E-state index is 10.9. The van der Waals surface area contributed by atoms with Crippen LogP contribution in [-0.4, -0.2) is 32.5 Å². The van der Waals surface area contributed by atoms with Gasteiger partial charge in [-0.1, -0.05) is 19.1 Å². The molecule has 2 rings (SSSR count). The smallest absolute Gasteiger partial charge is 0.153 e. The number of likely N-dealkylation sites (tertiary alicyclic amines) is 1. The number of hydrogen-bond donors (Lipinski definition) is 1. The maximum absolute atomic E-state index is 10.9. The fourth-order valence-corrected chi connectivity index (χ4v) is 2.84. The molecule has 3 heteroatoms. The van der Waals surface area contributed by atoms with Crippen molar-refractivity contribution < 1.29 is 14.4 Å². The molecular formula is C16H24NO2+. The number of benzene rings is 1. The Morgan fingerprint density at radius 1 is 1.42 bits per heavy atom. The highest BCUT2D eigenvalue weighted by Crippen LogP contribution is 2.15. The predicted molar refractivity (Wildman–Crippen MR) is 75.9 cm³/mol. The van der Waals surface area contributed by atoms with Crippen molar-refractivity contribution in [2.24, 2.45) is 5.92 Å². The van der Waals surface area contributed by atoms with E-state index in [-0.39, 0.29) is 0 Å². The zero-order chi connectivity index (χ0) is 13.5. The van der Waals surface area contributed by atoms with Crippen molar-refractivity contribution in [3.63, 3.8) is 0 Å². The summed E-state index contributed by atoms with van der Waals surface area (Å²) in [6.45, 7) is 6.81. The van der Waals surface area contributed by atoms with Crippen LogP contribution in [0, 0.1) is 5.92 Å². The molecule has 1 heterocycles. The van der Waals surface area contributed by atoms with Gasteiger partial charge in [-0.15, -0.1) is 0 Å². The zero-order valence-corrected chi connectivity index (χ0v) is 11.7. The lowest BCUT2D eigenvalue weighted by Gasteiger charge is -2.27. The molecule has 0 spiro atoms. The van der Waals surface area contributed by atoms with Crippen LogP contribution in [0.1, 0.15) is 36.5 Å². The Balaban J connectivity index is 1.70. The molecule has 0 radical (unpaired) electrons. The van der Waals surface area contributed by atoms with E-state index in [0.29, 0.717) is 17.9 Å². The number of carbonyl (C=O) groups is 1. The third kappa shape index (κ3) is 4.35. The number of para-hydroxylation sites is 1. The molecule has 1 saturated heterocycles. The normalized spacial score (nSPS) is 23.0. The molecule has 1 aliphatic rings. The van der Waals surface area contributed by atoms with Gasteiger partial charge < -0.3 is 9.64 Å². The zero-order valence-electron chi connectivity index (χ0n) is 11.7. The summed E-state index contributed by atoms with van der Waals surface area (Å²) in [5, 5.41) is 0. The summed E-state index contributed by atoms with van der Waals surface area (Å²) in [6, 6.07) is 7.41. The third-order valence-corrected chi connectivity index (χ3v) is 3.84. The van der Waals surface area contributed by atoms with Crippen LogP contribution in [0.4, 0.5) is 0 Å². The number of aldehydes is 1. The van der Waals surface area contributed by atoms with Gasteiger partial charge in [0.15, 0.2) is 6.29 Å². The molecule has 0 amide bonds. The lowest BCUT2D eigenvalue weighted by atomic mass is 10.0. The van der Waals surface area contributed by atoms with E-state index in [4.69, 9.17) is 4.74 Å². The second-order valence-corrected chi connectivity index (χ2v) is 5.56. The molecule has 1 aromatic carbocycles. The number of ether oxygens (including phenoxy) is 1. The molecule has 1 unspecified atom stereocenters. The van der Waals surface area contributed by atoms with Crippen molar-refractivity contribution >= 4 is 6.29 Å². The van der Waals surface area contributed by atoms with E-state index in [9.17, 15) is 4.79 Å². The molecule has 1 aliphatic heterocycles. The molecular weight excluding hydrogens is 238 g/mol. The van der Waals surface area contributed by atoms with Crippen molar-refractivity contribution in [2.45, 2.75) is 26.2 Å². The summed E-state index contributed by atoms with van der Waals surface area (Å²) in [5.74, 6) is 1.57. The van der Waals surface area contributed by atoms with E-state index < -0.39 is 0 Å². The first-order valence-electron chi connectivity index (χ1n) is 7.30. The van der Waals surface area contributed by atoms with Crippen LogP contribution in [0.5, 0.6) is 5.75 Å². The van der Waals surface area contributed by atoms with Gasteiger partial charge in [0, 0.05) is 12.3 Å². The second kappa shape index (κ2) is 7.29. The number of quaternary nitrogens is 1. The summed E-state index contributed by atoms with van der Waals surface area (Å²) < 4.78 is 5.70. The van der Waals surface area contributed by atoms with Crippen molar-refractivity contribution in [1.29, 1.82) is 0 Å². The molecule has 0 saturated carbocycles. The van der Waals surface area contributed by atoms with Crippen LogP contribution in [0.3, 0.4) is 0 Å². The average molecular weight is 262 g/mol. The van der Waals surface area contributed by atoms with E-state index >= 15 is 0 Å². The first-order valence-corrected chi connectivity index (χ1v) is 7.30. The van der Waals surface area contributed by atoms with Crippen molar-refractivity contribution in [3.05, 3.63) is 29.8 Å². The lowest BCUT2D eigenvalue weighted by molar-refractivity contribution is -0.908. The van der Waals surface area contributed by atoms with E-state index in [1.807, 2.05) is 18.2 Å². The minimum absolute atomic E-state index is 0.640. The Kier molecular flexibility index (Phi) is 5.40. The molecule has 1 aromatic rings. The van der Waals surface area contributed by atoms with Gasteiger partial charge in [0.2, 0.25) is 0 Å². The fraction of sp³-hybridized carbons (Fsp3) is 0.562. The quantitative estimate of drug-likeness (QED) is 0.623. The highest BCUT2D eigenvalue weighted by molar-refractivity contribution is 5.79. The summed E-state index contributed by atoms with van der Waals surface area (Å²) >= 11 is 0. The molecule has 0 bridgehead atoms. The number of piperidine rings is 1. The molecule has 2 atom stereocenters. The summed E-state index contributed by atoms with van der Waals surface area (Å²) in [6.07, 6.45) is 4.64. The molecule has 0 aromatic heterocycles. The molecule has 0 aliphatic carbocycles. The van der Waals surface area contributed by atoms with E-state index in [2.05, 4.69) is 6.92 Å². The minimum atomic E-state index is 0.640. The van der Waals surface area contributed by atoms with Gasteiger partial charge >= 0.3 is 0 Å². The Morgan fingerprint density at radius 3 is 3.05 bits per heavy atom. The molecule has 1 N–H and O–H groups in total. The van der Waals surface area contributed by atoms with Crippen LogP contribution in [0.15, 0.2) is 24.3 Å². The first kappa shape index (κ1) is 14.1. The summed E-state index contributed by atoms with van der Waals surface area (Å²) in [7, 11) is 0. The topological polar surface area (TPSA) is 30.7 Å². The molecule has 1 fully saturated rings. The Morgan fingerprint density at radius 2 is 2.26 bits per heavy atom. The maximum Gasteiger partial charge on any atom is 0.153 e. The number of hydrogen-bond acceptors (Lipinski definition) is 2. The number of nitrogens with one attached hydrogen (secondary N) is 1. The van der Waals surface area contributed by atoms with Crippen LogP contribution in [-0.2, 0) is 0 Å². The Labute approximate surface area is 115 Å². The van der Waals surface area contributed by atoms with E-state index in [1.165, 1.54) is 32.5 Å². The summed E-state index contributed by atoms with van der Waals surface area (Å²) in [5.41, 5.74) is 0.640. The van der Waals surface area contributed by atoms with E-state index in [0.717, 1.165) is 18.6 Å². The molecule has 104 valence electrons. The number of rotatable bonds is 6. The van der Waals surface area contributed by atoms with Crippen LogP contribution in [0.2, 0.25) is 0 Å². The highest BCUT2D eigenvalue weighted by Gasteiger charge is 2.18. The van der Waals surface area contributed by atoms with Gasteiger partial charge in [-0.3, -0.25) is 4.79 Å². The number of carbonyl (C=O) groups excluding carboxylic acids is 1. The van der Waals surface area contributed by atoms with Gasteiger partial charge in [0.05, 0.1) is 31.8 Å². The predicted octanol–water partition coefficient (Wildman–Crippen LogP) is 1.58. The highest BCUT2D eigenvalue weighted by atomic mass is 16.5. The van der Waals surface area contributed by atoms with Gasteiger partial charge in [-0.25, -0.2) is 0 Å². The Bertz CT molecular complexity index is 405. The standard InChI is InChI=1S/C16H23NO2/c1-14-6-4-9-17(12-14)10-5-11-19-16-8-3-2-7-15(16)13-18/h2-3,7-8,13-14H,4-6,9-12H2,1H3/p+1/t14-/m1/s1. The van der Waals surface area contributed by atoms with Crippen molar-refractivity contribution in [2.75, 3.05) is 26.2 Å². The van der Waals surface area contributed by atoms with E-state index in [1.54, 1.807) is 11.0 Å². The monoisotopic (exact) mass is 262 g/mol. The third-order valence-electron chi connectivity index (χ3n) is 3.84.